The normalized spacial score (nSPS) is 11.0. The summed E-state index contributed by atoms with van der Waals surface area (Å²) in [4.78, 5) is 19.1. The number of rotatable bonds is 4. The summed E-state index contributed by atoms with van der Waals surface area (Å²) in [6.45, 7) is -1.46. The Bertz CT molecular complexity index is 600. The lowest BCUT2D eigenvalue weighted by molar-refractivity contribution is -0.154. The molecule has 2 aromatic rings. The van der Waals surface area contributed by atoms with E-state index in [1.165, 1.54) is 0 Å². The summed E-state index contributed by atoms with van der Waals surface area (Å²) >= 11 is 0. The molecule has 0 aliphatic heterocycles. The molecule has 1 aromatic heterocycles. The van der Waals surface area contributed by atoms with Crippen molar-refractivity contribution in [1.29, 1.82) is 0 Å². The van der Waals surface area contributed by atoms with Crippen LogP contribution in [0, 0.1) is 0 Å². The lowest BCUT2D eigenvalue weighted by atomic mass is 10.3. The smallest absolute Gasteiger partial charge is 0.422 e. The molecule has 1 amide bonds. The van der Waals surface area contributed by atoms with E-state index in [9.17, 15) is 18.0 Å². The third kappa shape index (κ3) is 4.75. The minimum Gasteiger partial charge on any atom is -0.467 e. The van der Waals surface area contributed by atoms with Crippen LogP contribution in [0.5, 0.6) is 5.88 Å². The molecular weight excluding hydrogens is 287 g/mol. The maximum absolute atomic E-state index is 12.0. The Morgan fingerprint density at radius 2 is 1.86 bits per heavy atom. The van der Waals surface area contributed by atoms with Gasteiger partial charge in [-0.3, -0.25) is 4.79 Å². The Morgan fingerprint density at radius 1 is 1.14 bits per heavy atom. The van der Waals surface area contributed by atoms with Crippen molar-refractivity contribution in [2.45, 2.75) is 6.18 Å². The molecule has 1 aromatic carbocycles. The van der Waals surface area contributed by atoms with Crippen LogP contribution < -0.4 is 10.1 Å². The number of para-hydroxylation sites is 1. The maximum Gasteiger partial charge on any atom is 0.422 e. The predicted octanol–water partition coefficient (Wildman–Crippen LogP) is 2.67. The summed E-state index contributed by atoms with van der Waals surface area (Å²) in [5, 5.41) is 2.57. The summed E-state index contributed by atoms with van der Waals surface area (Å²) in [5.41, 5.74) is 0.542. The second kappa shape index (κ2) is 6.21. The first-order valence-electron chi connectivity index (χ1n) is 5.82. The number of hydrogen-bond acceptors (Lipinski definition) is 4. The second-order valence-corrected chi connectivity index (χ2v) is 3.96. The average molecular weight is 297 g/mol. The van der Waals surface area contributed by atoms with Gasteiger partial charge >= 0.3 is 6.18 Å². The maximum atomic E-state index is 12.0. The van der Waals surface area contributed by atoms with E-state index in [0.717, 1.165) is 12.4 Å². The van der Waals surface area contributed by atoms with Crippen molar-refractivity contribution in [2.24, 2.45) is 0 Å². The third-order valence-corrected chi connectivity index (χ3v) is 2.28. The van der Waals surface area contributed by atoms with Gasteiger partial charge in [0, 0.05) is 5.69 Å². The fraction of sp³-hybridized carbons (Fsp3) is 0.154. The van der Waals surface area contributed by atoms with E-state index >= 15 is 0 Å². The van der Waals surface area contributed by atoms with E-state index in [2.05, 4.69) is 20.0 Å². The Morgan fingerprint density at radius 3 is 2.43 bits per heavy atom. The van der Waals surface area contributed by atoms with Gasteiger partial charge in [0.2, 0.25) is 5.88 Å². The zero-order valence-electron chi connectivity index (χ0n) is 10.6. The van der Waals surface area contributed by atoms with Gasteiger partial charge in [-0.1, -0.05) is 18.2 Å². The van der Waals surface area contributed by atoms with Gasteiger partial charge in [0.15, 0.2) is 6.61 Å². The van der Waals surface area contributed by atoms with Crippen molar-refractivity contribution in [3.63, 3.8) is 0 Å². The summed E-state index contributed by atoms with van der Waals surface area (Å²) in [5.74, 6) is -0.820. The Kier molecular flexibility index (Phi) is 4.36. The Labute approximate surface area is 117 Å². The van der Waals surface area contributed by atoms with E-state index in [4.69, 9.17) is 0 Å². The van der Waals surface area contributed by atoms with Gasteiger partial charge in [0.25, 0.3) is 5.91 Å². The molecule has 0 bridgehead atoms. The molecule has 0 saturated carbocycles. The fourth-order valence-electron chi connectivity index (χ4n) is 1.38. The van der Waals surface area contributed by atoms with Crippen LogP contribution in [0.25, 0.3) is 0 Å². The molecule has 0 spiro atoms. The minimum atomic E-state index is -4.45. The van der Waals surface area contributed by atoms with Gasteiger partial charge in [0.05, 0.1) is 12.4 Å². The molecule has 110 valence electrons. The summed E-state index contributed by atoms with van der Waals surface area (Å²) in [6.07, 6.45) is -2.44. The Balaban J connectivity index is 1.97. The number of hydrogen-bond donors (Lipinski definition) is 1. The van der Waals surface area contributed by atoms with Gasteiger partial charge in [-0.05, 0) is 12.1 Å². The lowest BCUT2D eigenvalue weighted by Crippen LogP contribution is -2.20. The van der Waals surface area contributed by atoms with E-state index in [1.807, 2.05) is 0 Å². The number of ether oxygens (including phenoxy) is 1. The number of carbonyl (C=O) groups is 1. The van der Waals surface area contributed by atoms with Crippen LogP contribution in [-0.4, -0.2) is 28.7 Å². The number of halogens is 3. The molecule has 0 aliphatic carbocycles. The molecular formula is C13H10F3N3O2. The first kappa shape index (κ1) is 14.8. The summed E-state index contributed by atoms with van der Waals surface area (Å²) in [6, 6.07) is 8.66. The molecule has 0 saturated heterocycles. The van der Waals surface area contributed by atoms with Crippen LogP contribution in [0.1, 0.15) is 10.5 Å². The molecule has 1 heterocycles. The highest BCUT2D eigenvalue weighted by atomic mass is 19.4. The van der Waals surface area contributed by atoms with Crippen molar-refractivity contribution in [2.75, 3.05) is 11.9 Å². The van der Waals surface area contributed by atoms with Crippen LogP contribution in [0.2, 0.25) is 0 Å². The number of anilines is 1. The first-order valence-corrected chi connectivity index (χ1v) is 5.82. The van der Waals surface area contributed by atoms with Crippen LogP contribution in [0.15, 0.2) is 42.7 Å². The highest BCUT2D eigenvalue weighted by Gasteiger charge is 2.28. The van der Waals surface area contributed by atoms with Gasteiger partial charge in [-0.2, -0.15) is 13.2 Å². The van der Waals surface area contributed by atoms with Gasteiger partial charge in [0.1, 0.15) is 5.69 Å². The van der Waals surface area contributed by atoms with Crippen LogP contribution in [0.3, 0.4) is 0 Å². The number of nitrogens with zero attached hydrogens (tertiary/aromatic N) is 2. The zero-order valence-corrected chi connectivity index (χ0v) is 10.6. The quantitative estimate of drug-likeness (QED) is 0.942. The van der Waals surface area contributed by atoms with Gasteiger partial charge < -0.3 is 10.1 Å². The lowest BCUT2D eigenvalue weighted by Gasteiger charge is -2.08. The molecule has 1 N–H and O–H groups in total. The number of benzene rings is 1. The van der Waals surface area contributed by atoms with Crippen LogP contribution in [0.4, 0.5) is 18.9 Å². The van der Waals surface area contributed by atoms with E-state index in [-0.39, 0.29) is 11.6 Å². The van der Waals surface area contributed by atoms with Gasteiger partial charge in [-0.25, -0.2) is 9.97 Å². The highest BCUT2D eigenvalue weighted by Crippen LogP contribution is 2.16. The van der Waals surface area contributed by atoms with E-state index in [0.29, 0.717) is 5.69 Å². The number of alkyl halides is 3. The number of amides is 1. The molecule has 8 heteroatoms. The van der Waals surface area contributed by atoms with Crippen molar-refractivity contribution in [3.05, 3.63) is 48.4 Å². The highest BCUT2D eigenvalue weighted by molar-refractivity contribution is 6.02. The molecule has 0 atom stereocenters. The average Bonchev–Trinajstić information content (AvgIpc) is 2.46. The second-order valence-electron chi connectivity index (χ2n) is 3.96. The number of aromatic nitrogens is 2. The monoisotopic (exact) mass is 297 g/mol. The SMILES string of the molecule is O=C(Nc1ccccc1)c1cnc(OCC(F)(F)F)cn1. The summed E-state index contributed by atoms with van der Waals surface area (Å²) in [7, 11) is 0. The predicted molar refractivity (Wildman–Crippen MR) is 68.0 cm³/mol. The van der Waals surface area contributed by atoms with Crippen LogP contribution >= 0.6 is 0 Å². The molecule has 0 radical (unpaired) electrons. The molecule has 0 aliphatic rings. The van der Waals surface area contributed by atoms with Crippen molar-refractivity contribution in [1.82, 2.24) is 9.97 Å². The molecule has 0 fully saturated rings. The third-order valence-electron chi connectivity index (χ3n) is 2.28. The fourth-order valence-corrected chi connectivity index (χ4v) is 1.38. The van der Waals surface area contributed by atoms with E-state index in [1.54, 1.807) is 30.3 Å². The summed E-state index contributed by atoms with van der Waals surface area (Å²) < 4.78 is 40.3. The van der Waals surface area contributed by atoms with Crippen molar-refractivity contribution >= 4 is 11.6 Å². The topological polar surface area (TPSA) is 64.1 Å². The van der Waals surface area contributed by atoms with E-state index < -0.39 is 18.7 Å². The zero-order chi connectivity index (χ0) is 15.3. The molecule has 21 heavy (non-hydrogen) atoms. The van der Waals surface area contributed by atoms with Crippen molar-refractivity contribution in [3.8, 4) is 5.88 Å². The molecule has 5 nitrogen and oxygen atoms in total. The van der Waals surface area contributed by atoms with Gasteiger partial charge in [-0.15, -0.1) is 0 Å². The number of nitrogens with one attached hydrogen (secondary N) is 1. The number of carbonyl (C=O) groups excluding carboxylic acids is 1. The van der Waals surface area contributed by atoms with Crippen LogP contribution in [-0.2, 0) is 0 Å². The largest absolute Gasteiger partial charge is 0.467 e. The standard InChI is InChI=1S/C13H10F3N3O2/c14-13(15,16)8-21-11-7-17-10(6-18-11)12(20)19-9-4-2-1-3-5-9/h1-7H,8H2,(H,19,20). The minimum absolute atomic E-state index is 0.0294. The first-order chi connectivity index (χ1) is 9.94. The molecule has 0 unspecified atom stereocenters. The Hall–Kier alpha value is -2.64. The molecule has 2 rings (SSSR count). The van der Waals surface area contributed by atoms with Crippen molar-refractivity contribution < 1.29 is 22.7 Å².